The van der Waals surface area contributed by atoms with Gasteiger partial charge in [-0.3, -0.25) is 4.79 Å². The van der Waals surface area contributed by atoms with Gasteiger partial charge in [0.2, 0.25) is 0 Å². The molecule has 3 rings (SSSR count). The predicted molar refractivity (Wildman–Crippen MR) is 88.8 cm³/mol. The van der Waals surface area contributed by atoms with Crippen LogP contribution in [0.2, 0.25) is 5.02 Å². The number of nitrogens with zero attached hydrogens (tertiary/aromatic N) is 4. The summed E-state index contributed by atoms with van der Waals surface area (Å²) in [5, 5.41) is 9.99. The molecule has 120 valence electrons. The zero-order valence-electron chi connectivity index (χ0n) is 12.8. The number of ether oxygens (including phenoxy) is 1. The van der Waals surface area contributed by atoms with Gasteiger partial charge in [0.15, 0.2) is 17.3 Å². The highest BCUT2D eigenvalue weighted by Crippen LogP contribution is 2.21. The van der Waals surface area contributed by atoms with Crippen LogP contribution in [-0.4, -0.2) is 26.9 Å². The second kappa shape index (κ2) is 6.69. The monoisotopic (exact) mass is 340 g/mol. The Morgan fingerprint density at radius 3 is 2.79 bits per heavy atom. The Hall–Kier alpha value is -2.91. The summed E-state index contributed by atoms with van der Waals surface area (Å²) in [7, 11) is 1.73. The third-order valence-electron chi connectivity index (χ3n) is 3.57. The van der Waals surface area contributed by atoms with E-state index in [9.17, 15) is 10.1 Å². The molecule has 2 aromatic heterocycles. The average molecular weight is 341 g/mol. The van der Waals surface area contributed by atoms with E-state index in [0.717, 1.165) is 0 Å². The number of nitriles is 1. The molecule has 3 aromatic rings. The number of Topliss-reactive ketones (excluding diaryl/α,β-unsaturated/α-hetero) is 1. The fourth-order valence-corrected chi connectivity index (χ4v) is 2.47. The van der Waals surface area contributed by atoms with E-state index in [1.54, 1.807) is 54.2 Å². The van der Waals surface area contributed by atoms with Crippen LogP contribution in [0, 0.1) is 11.3 Å². The van der Waals surface area contributed by atoms with Gasteiger partial charge in [0.25, 0.3) is 0 Å². The van der Waals surface area contributed by atoms with Crippen molar-refractivity contribution in [1.82, 2.24) is 14.5 Å². The molecule has 1 aromatic carbocycles. The molecule has 0 aliphatic carbocycles. The van der Waals surface area contributed by atoms with Crippen LogP contribution in [0.25, 0.3) is 11.2 Å². The topological polar surface area (TPSA) is 80.8 Å². The van der Waals surface area contributed by atoms with Crippen LogP contribution >= 0.6 is 11.6 Å². The van der Waals surface area contributed by atoms with Gasteiger partial charge >= 0.3 is 0 Å². The quantitative estimate of drug-likeness (QED) is 0.713. The number of hydrogen-bond donors (Lipinski definition) is 0. The summed E-state index contributed by atoms with van der Waals surface area (Å²) < 4.78 is 7.09. The lowest BCUT2D eigenvalue weighted by atomic mass is 10.1. The maximum absolute atomic E-state index is 12.4. The Balaban J connectivity index is 1.80. The number of benzene rings is 1. The summed E-state index contributed by atoms with van der Waals surface area (Å²) in [5.74, 6) is -0.519. The zero-order chi connectivity index (χ0) is 17.1. The third-order valence-corrected chi connectivity index (χ3v) is 3.82. The molecule has 0 saturated heterocycles. The summed E-state index contributed by atoms with van der Waals surface area (Å²) >= 11 is 5.80. The molecular weight excluding hydrogens is 328 g/mol. The minimum Gasteiger partial charge on any atom is -0.486 e. The van der Waals surface area contributed by atoms with Crippen LogP contribution in [0.1, 0.15) is 11.7 Å². The van der Waals surface area contributed by atoms with Crippen molar-refractivity contribution < 1.29 is 9.53 Å². The molecule has 0 amide bonds. The fourth-order valence-electron chi connectivity index (χ4n) is 2.34. The third kappa shape index (κ3) is 3.07. The van der Waals surface area contributed by atoms with E-state index in [4.69, 9.17) is 16.3 Å². The number of ketones is 1. The molecule has 0 aliphatic rings. The van der Waals surface area contributed by atoms with E-state index in [2.05, 4.69) is 9.97 Å². The lowest BCUT2D eigenvalue weighted by Crippen LogP contribution is -2.21. The molecule has 24 heavy (non-hydrogen) atoms. The molecule has 0 spiro atoms. The first-order valence-electron chi connectivity index (χ1n) is 7.18. The number of fused-ring (bicyclic) bond motifs is 1. The Labute approximate surface area is 143 Å². The summed E-state index contributed by atoms with van der Waals surface area (Å²) in [6, 6.07) is 12.2. The molecule has 0 aliphatic heterocycles. The number of imidazole rings is 1. The molecule has 0 bridgehead atoms. The highest BCUT2D eigenvalue weighted by Gasteiger charge is 2.26. The number of rotatable bonds is 5. The maximum Gasteiger partial charge on any atom is 0.194 e. The molecule has 0 N–H and O–H groups in total. The van der Waals surface area contributed by atoms with Crippen molar-refractivity contribution in [3.8, 4) is 11.8 Å². The van der Waals surface area contributed by atoms with Crippen molar-refractivity contribution in [2.75, 3.05) is 6.61 Å². The number of aromatic nitrogens is 3. The lowest BCUT2D eigenvalue weighted by molar-refractivity contribution is -0.121. The number of carbonyl (C=O) groups excluding carboxylic acids is 1. The largest absolute Gasteiger partial charge is 0.486 e. The molecular formula is C17H13ClN4O2. The van der Waals surface area contributed by atoms with Gasteiger partial charge in [-0.1, -0.05) is 11.6 Å². The van der Waals surface area contributed by atoms with Gasteiger partial charge in [-0.2, -0.15) is 5.26 Å². The van der Waals surface area contributed by atoms with Crippen LogP contribution in [0.5, 0.6) is 5.75 Å². The van der Waals surface area contributed by atoms with Crippen LogP contribution in [-0.2, 0) is 11.8 Å². The molecule has 7 heteroatoms. The second-order valence-electron chi connectivity index (χ2n) is 5.15. The molecule has 1 atom stereocenters. The van der Waals surface area contributed by atoms with Gasteiger partial charge < -0.3 is 9.30 Å². The fraction of sp³-hybridized carbons (Fsp3) is 0.176. The molecule has 0 radical (unpaired) electrons. The van der Waals surface area contributed by atoms with Crippen molar-refractivity contribution >= 4 is 28.5 Å². The smallest absolute Gasteiger partial charge is 0.194 e. The predicted octanol–water partition coefficient (Wildman–Crippen LogP) is 2.88. The Kier molecular flexibility index (Phi) is 4.45. The minimum atomic E-state index is -1.02. The Bertz CT molecular complexity index is 928. The van der Waals surface area contributed by atoms with Crippen molar-refractivity contribution in [3.05, 3.63) is 53.4 Å². The van der Waals surface area contributed by atoms with Crippen molar-refractivity contribution in [2.45, 2.75) is 5.92 Å². The summed E-state index contributed by atoms with van der Waals surface area (Å²) in [6.07, 6.45) is 1.64. The Morgan fingerprint density at radius 2 is 2.12 bits per heavy atom. The maximum atomic E-state index is 12.4. The normalized spacial score (nSPS) is 11.9. The van der Waals surface area contributed by atoms with Crippen LogP contribution in [0.15, 0.2) is 42.6 Å². The second-order valence-corrected chi connectivity index (χ2v) is 5.58. The van der Waals surface area contributed by atoms with Gasteiger partial charge in [-0.05, 0) is 36.4 Å². The molecule has 0 saturated carbocycles. The van der Waals surface area contributed by atoms with Crippen LogP contribution in [0.4, 0.5) is 0 Å². The molecule has 0 fully saturated rings. The highest BCUT2D eigenvalue weighted by molar-refractivity contribution is 6.30. The summed E-state index contributed by atoms with van der Waals surface area (Å²) in [4.78, 5) is 21.0. The van der Waals surface area contributed by atoms with Gasteiger partial charge in [0.1, 0.15) is 23.7 Å². The van der Waals surface area contributed by atoms with Crippen LogP contribution in [0.3, 0.4) is 0 Å². The van der Waals surface area contributed by atoms with E-state index in [1.807, 2.05) is 6.07 Å². The van der Waals surface area contributed by atoms with E-state index >= 15 is 0 Å². The summed E-state index contributed by atoms with van der Waals surface area (Å²) in [5.41, 5.74) is 1.26. The van der Waals surface area contributed by atoms with E-state index in [-0.39, 0.29) is 12.4 Å². The average Bonchev–Trinajstić information content (AvgIpc) is 2.92. The number of pyridine rings is 1. The SMILES string of the molecule is Cn1c(C(C#N)C(=O)COc2ccc(Cl)cc2)nc2cccnc21. The number of halogens is 1. The van der Waals surface area contributed by atoms with E-state index < -0.39 is 5.92 Å². The van der Waals surface area contributed by atoms with Crippen molar-refractivity contribution in [3.63, 3.8) is 0 Å². The van der Waals surface area contributed by atoms with Gasteiger partial charge in [-0.25, -0.2) is 9.97 Å². The molecule has 1 unspecified atom stereocenters. The molecule has 6 nitrogen and oxygen atoms in total. The van der Waals surface area contributed by atoms with Gasteiger partial charge in [-0.15, -0.1) is 0 Å². The first-order chi connectivity index (χ1) is 11.6. The lowest BCUT2D eigenvalue weighted by Gasteiger charge is -2.10. The molecule has 2 heterocycles. The first kappa shape index (κ1) is 16.0. The highest BCUT2D eigenvalue weighted by atomic mass is 35.5. The van der Waals surface area contributed by atoms with Crippen molar-refractivity contribution in [1.29, 1.82) is 5.26 Å². The first-order valence-corrected chi connectivity index (χ1v) is 7.56. The minimum absolute atomic E-state index is 0.226. The number of hydrogen-bond acceptors (Lipinski definition) is 5. The zero-order valence-corrected chi connectivity index (χ0v) is 13.6. The van der Waals surface area contributed by atoms with E-state index in [1.165, 1.54) is 0 Å². The van der Waals surface area contributed by atoms with Gasteiger partial charge in [0, 0.05) is 18.3 Å². The van der Waals surface area contributed by atoms with Gasteiger partial charge in [0.05, 0.1) is 6.07 Å². The standard InChI is InChI=1S/C17H13ClN4O2/c1-22-16(21-14-3-2-8-20-17(14)22)13(9-19)15(23)10-24-12-6-4-11(18)5-7-12/h2-8,13H,10H2,1H3. The number of carbonyl (C=O) groups is 1. The van der Waals surface area contributed by atoms with Crippen molar-refractivity contribution in [2.24, 2.45) is 7.05 Å². The Morgan fingerprint density at radius 1 is 1.38 bits per heavy atom. The number of aryl methyl sites for hydroxylation is 1. The van der Waals surface area contributed by atoms with E-state index in [0.29, 0.717) is 27.8 Å². The summed E-state index contributed by atoms with van der Waals surface area (Å²) in [6.45, 7) is -0.226. The van der Waals surface area contributed by atoms with Crippen LogP contribution < -0.4 is 4.74 Å².